The average Bonchev–Trinajstić information content (AvgIpc) is 2.44. The first kappa shape index (κ1) is 17.0. The number of rotatable bonds is 8. The number of benzene rings is 1. The van der Waals surface area contributed by atoms with Crippen LogP contribution in [-0.2, 0) is 4.79 Å². The van der Waals surface area contributed by atoms with Crippen molar-refractivity contribution in [3.05, 3.63) is 29.8 Å². The Morgan fingerprint density at radius 1 is 1.48 bits per heavy atom. The highest BCUT2D eigenvalue weighted by Gasteiger charge is 2.17. The number of carbonyl (C=O) groups is 1. The molecule has 0 aliphatic heterocycles. The molecule has 1 atom stereocenters. The first-order valence-corrected chi connectivity index (χ1v) is 6.76. The summed E-state index contributed by atoms with van der Waals surface area (Å²) in [5, 5.41) is 19.0. The molecule has 0 heterocycles. The Morgan fingerprint density at radius 3 is 2.71 bits per heavy atom. The lowest BCUT2D eigenvalue weighted by Crippen LogP contribution is -2.44. The van der Waals surface area contributed by atoms with Gasteiger partial charge in [0, 0.05) is 12.6 Å². The van der Waals surface area contributed by atoms with E-state index in [4.69, 9.17) is 15.7 Å². The summed E-state index contributed by atoms with van der Waals surface area (Å²) in [6.45, 7) is 4.24. The van der Waals surface area contributed by atoms with E-state index in [2.05, 4.69) is 0 Å². The molecule has 0 bridgehead atoms. The van der Waals surface area contributed by atoms with Crippen LogP contribution in [0.5, 0.6) is 5.75 Å². The van der Waals surface area contributed by atoms with E-state index in [-0.39, 0.29) is 25.7 Å². The van der Waals surface area contributed by atoms with Gasteiger partial charge in [-0.25, -0.2) is 0 Å². The van der Waals surface area contributed by atoms with Crippen LogP contribution in [0.15, 0.2) is 24.3 Å². The molecule has 3 N–H and O–H groups in total. The molecule has 1 unspecified atom stereocenters. The van der Waals surface area contributed by atoms with Gasteiger partial charge in [-0.05, 0) is 26.0 Å². The lowest BCUT2D eigenvalue weighted by molar-refractivity contribution is -0.120. The summed E-state index contributed by atoms with van der Waals surface area (Å²) >= 11 is 0. The van der Waals surface area contributed by atoms with Crippen LogP contribution >= 0.6 is 0 Å². The van der Waals surface area contributed by atoms with Gasteiger partial charge >= 0.3 is 0 Å². The van der Waals surface area contributed by atoms with Crippen molar-refractivity contribution in [1.29, 1.82) is 5.26 Å². The Hall–Kier alpha value is -2.10. The number of aliphatic hydroxyl groups excluding tert-OH is 1. The summed E-state index contributed by atoms with van der Waals surface area (Å²) in [6, 6.07) is 8.94. The monoisotopic (exact) mass is 291 g/mol. The highest BCUT2D eigenvalue weighted by molar-refractivity contribution is 5.75. The molecule has 0 saturated heterocycles. The van der Waals surface area contributed by atoms with Crippen LogP contribution in [0.3, 0.4) is 0 Å². The van der Waals surface area contributed by atoms with Gasteiger partial charge in [0.2, 0.25) is 5.91 Å². The summed E-state index contributed by atoms with van der Waals surface area (Å²) in [5.41, 5.74) is 5.60. The molecule has 0 radical (unpaired) electrons. The number of nitrogens with two attached hydrogens (primary N) is 1. The topological polar surface area (TPSA) is 99.6 Å². The molecule has 0 fully saturated rings. The summed E-state index contributed by atoms with van der Waals surface area (Å²) < 4.78 is 5.46. The number of nitrogens with zero attached hydrogens (tertiary/aromatic N) is 2. The third kappa shape index (κ3) is 5.81. The van der Waals surface area contributed by atoms with Gasteiger partial charge in [0.25, 0.3) is 0 Å². The molecule has 1 aromatic carbocycles. The van der Waals surface area contributed by atoms with E-state index in [9.17, 15) is 9.90 Å². The van der Waals surface area contributed by atoms with Gasteiger partial charge in [-0.15, -0.1) is 0 Å². The maximum absolute atomic E-state index is 11.0. The Kier molecular flexibility index (Phi) is 6.66. The minimum Gasteiger partial charge on any atom is -0.489 e. The molecular formula is C15H21N3O3. The number of hydrogen-bond acceptors (Lipinski definition) is 5. The predicted octanol–water partition coefficient (Wildman–Crippen LogP) is 0.494. The van der Waals surface area contributed by atoms with Crippen molar-refractivity contribution in [2.45, 2.75) is 26.0 Å². The standard InChI is InChI=1S/C15H21N3O3/c1-11(2)18(9-15(17)20)8-13(19)10-21-14-6-4-3-5-12(14)7-16/h3-6,11,13,19H,8-10H2,1-2H3,(H2,17,20). The van der Waals surface area contributed by atoms with Crippen molar-refractivity contribution in [3.8, 4) is 11.8 Å². The molecular weight excluding hydrogens is 270 g/mol. The third-order valence-corrected chi connectivity index (χ3v) is 2.97. The fourth-order valence-electron chi connectivity index (χ4n) is 1.85. The first-order valence-electron chi connectivity index (χ1n) is 6.76. The zero-order valence-electron chi connectivity index (χ0n) is 12.3. The molecule has 1 rings (SSSR count). The number of aliphatic hydroxyl groups is 1. The van der Waals surface area contributed by atoms with Crippen molar-refractivity contribution >= 4 is 5.91 Å². The van der Waals surface area contributed by atoms with Crippen LogP contribution in [0, 0.1) is 11.3 Å². The van der Waals surface area contributed by atoms with Crippen LogP contribution in [-0.4, -0.2) is 47.8 Å². The van der Waals surface area contributed by atoms with Crippen molar-refractivity contribution in [3.63, 3.8) is 0 Å². The average molecular weight is 291 g/mol. The van der Waals surface area contributed by atoms with E-state index in [0.717, 1.165) is 0 Å². The number of hydrogen-bond donors (Lipinski definition) is 2. The molecule has 21 heavy (non-hydrogen) atoms. The number of primary amides is 1. The number of nitriles is 1. The smallest absolute Gasteiger partial charge is 0.231 e. The highest BCUT2D eigenvalue weighted by atomic mass is 16.5. The summed E-state index contributed by atoms with van der Waals surface area (Å²) in [4.78, 5) is 12.8. The minimum absolute atomic E-state index is 0.0423. The number of ether oxygens (including phenoxy) is 1. The second-order valence-corrected chi connectivity index (χ2v) is 5.06. The Balaban J connectivity index is 2.55. The van der Waals surface area contributed by atoms with Gasteiger partial charge in [-0.1, -0.05) is 12.1 Å². The van der Waals surface area contributed by atoms with Crippen LogP contribution in [0.25, 0.3) is 0 Å². The van der Waals surface area contributed by atoms with Crippen molar-refractivity contribution < 1.29 is 14.6 Å². The second-order valence-electron chi connectivity index (χ2n) is 5.06. The summed E-state index contributed by atoms with van der Waals surface area (Å²) in [7, 11) is 0. The van der Waals surface area contributed by atoms with E-state index in [1.165, 1.54) is 0 Å². The van der Waals surface area contributed by atoms with Crippen molar-refractivity contribution in [2.24, 2.45) is 5.73 Å². The van der Waals surface area contributed by atoms with Gasteiger partial charge in [0.1, 0.15) is 24.5 Å². The van der Waals surface area contributed by atoms with E-state index in [1.807, 2.05) is 19.9 Å². The molecule has 1 aromatic rings. The zero-order chi connectivity index (χ0) is 15.8. The van der Waals surface area contributed by atoms with Crippen LogP contribution in [0.4, 0.5) is 0 Å². The lowest BCUT2D eigenvalue weighted by Gasteiger charge is -2.27. The summed E-state index contributed by atoms with van der Waals surface area (Å²) in [5.74, 6) is -0.00306. The molecule has 6 heteroatoms. The SMILES string of the molecule is CC(C)N(CC(N)=O)CC(O)COc1ccccc1C#N. The molecule has 6 nitrogen and oxygen atoms in total. The molecule has 1 amide bonds. The molecule has 0 aliphatic rings. The lowest BCUT2D eigenvalue weighted by atomic mass is 10.2. The van der Waals surface area contributed by atoms with E-state index < -0.39 is 12.0 Å². The minimum atomic E-state index is -0.779. The highest BCUT2D eigenvalue weighted by Crippen LogP contribution is 2.16. The maximum atomic E-state index is 11.0. The number of para-hydroxylation sites is 1. The fraction of sp³-hybridized carbons (Fsp3) is 0.467. The van der Waals surface area contributed by atoms with Crippen LogP contribution in [0.1, 0.15) is 19.4 Å². The Labute approximate surface area is 124 Å². The molecule has 114 valence electrons. The molecule has 0 saturated carbocycles. The van der Waals surface area contributed by atoms with Gasteiger partial charge < -0.3 is 15.6 Å². The second kappa shape index (κ2) is 8.25. The fourth-order valence-corrected chi connectivity index (χ4v) is 1.85. The largest absolute Gasteiger partial charge is 0.489 e. The van der Waals surface area contributed by atoms with Gasteiger partial charge in [-0.2, -0.15) is 5.26 Å². The quantitative estimate of drug-likeness (QED) is 0.726. The maximum Gasteiger partial charge on any atom is 0.231 e. The van der Waals surface area contributed by atoms with Crippen LogP contribution < -0.4 is 10.5 Å². The van der Waals surface area contributed by atoms with Crippen molar-refractivity contribution in [2.75, 3.05) is 19.7 Å². The third-order valence-electron chi connectivity index (χ3n) is 2.97. The normalized spacial score (nSPS) is 12.2. The van der Waals surface area contributed by atoms with Gasteiger partial charge in [-0.3, -0.25) is 9.69 Å². The summed E-state index contributed by atoms with van der Waals surface area (Å²) in [6.07, 6.45) is -0.779. The van der Waals surface area contributed by atoms with E-state index >= 15 is 0 Å². The van der Waals surface area contributed by atoms with Crippen LogP contribution in [0.2, 0.25) is 0 Å². The zero-order valence-corrected chi connectivity index (χ0v) is 12.3. The Bertz CT molecular complexity index is 511. The number of amides is 1. The molecule has 0 aromatic heterocycles. The van der Waals surface area contributed by atoms with Gasteiger partial charge in [0.05, 0.1) is 12.1 Å². The molecule has 0 spiro atoms. The van der Waals surface area contributed by atoms with Gasteiger partial charge in [0.15, 0.2) is 0 Å². The first-order chi connectivity index (χ1) is 9.93. The van der Waals surface area contributed by atoms with E-state index in [1.54, 1.807) is 29.2 Å². The van der Waals surface area contributed by atoms with E-state index in [0.29, 0.717) is 11.3 Å². The van der Waals surface area contributed by atoms with Crippen molar-refractivity contribution in [1.82, 2.24) is 4.90 Å². The predicted molar refractivity (Wildman–Crippen MR) is 78.6 cm³/mol. The Morgan fingerprint density at radius 2 is 2.14 bits per heavy atom. The number of carbonyl (C=O) groups excluding carboxylic acids is 1. The molecule has 0 aliphatic carbocycles.